The molecule has 1 saturated heterocycles. The Bertz CT molecular complexity index is 423. The summed E-state index contributed by atoms with van der Waals surface area (Å²) in [4.78, 5) is 0. The van der Waals surface area contributed by atoms with E-state index in [1.54, 1.807) is 0 Å². The van der Waals surface area contributed by atoms with Gasteiger partial charge in [-0.25, -0.2) is 5.01 Å². The smallest absolute Gasteiger partial charge is 0.0284 e. The summed E-state index contributed by atoms with van der Waals surface area (Å²) in [5.74, 6) is 1.76. The minimum Gasteiger partial charge on any atom is -0.251 e. The van der Waals surface area contributed by atoms with Gasteiger partial charge in [-0.3, -0.25) is 5.43 Å². The molecule has 2 heteroatoms. The second kappa shape index (κ2) is 22.1. The van der Waals surface area contributed by atoms with Gasteiger partial charge in [0.05, 0.1) is 0 Å². The van der Waals surface area contributed by atoms with Gasteiger partial charge >= 0.3 is 0 Å². The number of hydrogen-bond donors (Lipinski definition) is 1. The Labute approximate surface area is 216 Å². The molecule has 0 bridgehead atoms. The van der Waals surface area contributed by atoms with Crippen LogP contribution in [0.2, 0.25) is 0 Å². The molecule has 1 heterocycles. The van der Waals surface area contributed by atoms with Gasteiger partial charge in [0.15, 0.2) is 0 Å². The Balaban J connectivity index is 2.87. The average Bonchev–Trinajstić information content (AvgIpc) is 3.26. The van der Waals surface area contributed by atoms with Crippen molar-refractivity contribution in [1.29, 1.82) is 0 Å². The van der Waals surface area contributed by atoms with Gasteiger partial charge in [0.2, 0.25) is 0 Å². The van der Waals surface area contributed by atoms with Gasteiger partial charge in [0, 0.05) is 18.6 Å². The third kappa shape index (κ3) is 13.9. The lowest BCUT2D eigenvalue weighted by atomic mass is 9.80. The highest BCUT2D eigenvalue weighted by molar-refractivity contribution is 4.91. The van der Waals surface area contributed by atoms with E-state index in [0.29, 0.717) is 0 Å². The van der Waals surface area contributed by atoms with Crippen molar-refractivity contribution in [1.82, 2.24) is 10.4 Å². The fourth-order valence-corrected chi connectivity index (χ4v) is 6.26. The third-order valence-electron chi connectivity index (χ3n) is 8.52. The summed E-state index contributed by atoms with van der Waals surface area (Å²) in [7, 11) is 0. The lowest BCUT2D eigenvalue weighted by Crippen LogP contribution is -2.45. The van der Waals surface area contributed by atoms with Crippen LogP contribution in [-0.2, 0) is 0 Å². The molecule has 1 aliphatic rings. The van der Waals surface area contributed by atoms with Crippen LogP contribution in [0.4, 0.5) is 0 Å². The molecular formula is C32H66N2. The van der Waals surface area contributed by atoms with Gasteiger partial charge in [-0.2, -0.15) is 0 Å². The second-order valence-corrected chi connectivity index (χ2v) is 11.7. The molecule has 0 spiro atoms. The zero-order valence-corrected chi connectivity index (χ0v) is 24.5. The molecule has 0 aromatic carbocycles. The Morgan fingerprint density at radius 2 is 1.03 bits per heavy atom. The van der Waals surface area contributed by atoms with Crippen molar-refractivity contribution in [3.05, 3.63) is 0 Å². The van der Waals surface area contributed by atoms with E-state index >= 15 is 0 Å². The van der Waals surface area contributed by atoms with E-state index in [1.807, 2.05) is 0 Å². The van der Waals surface area contributed by atoms with E-state index in [-0.39, 0.29) is 0 Å². The second-order valence-electron chi connectivity index (χ2n) is 11.7. The molecule has 2 nitrogen and oxygen atoms in total. The summed E-state index contributed by atoms with van der Waals surface area (Å²) < 4.78 is 0. The molecule has 4 unspecified atom stereocenters. The Hall–Kier alpha value is -0.0800. The molecule has 0 aromatic rings. The van der Waals surface area contributed by atoms with Gasteiger partial charge in [-0.1, -0.05) is 144 Å². The van der Waals surface area contributed by atoms with Crippen LogP contribution < -0.4 is 5.43 Å². The van der Waals surface area contributed by atoms with Crippen molar-refractivity contribution in [3.8, 4) is 0 Å². The number of nitrogens with one attached hydrogen (secondary N) is 1. The first kappa shape index (κ1) is 31.9. The number of hydrazine groups is 1. The number of hydrogen-bond acceptors (Lipinski definition) is 2. The van der Waals surface area contributed by atoms with Gasteiger partial charge in [0.1, 0.15) is 0 Å². The molecule has 1 N–H and O–H groups in total. The molecule has 204 valence electrons. The predicted octanol–water partition coefficient (Wildman–Crippen LogP) is 10.5. The van der Waals surface area contributed by atoms with Crippen LogP contribution in [0.25, 0.3) is 0 Å². The lowest BCUT2D eigenvalue weighted by molar-refractivity contribution is 0.127. The van der Waals surface area contributed by atoms with Crippen molar-refractivity contribution < 1.29 is 0 Å². The highest BCUT2D eigenvalue weighted by atomic mass is 15.6. The zero-order chi connectivity index (χ0) is 24.9. The average molecular weight is 479 g/mol. The lowest BCUT2D eigenvalue weighted by Gasteiger charge is -2.31. The molecule has 34 heavy (non-hydrogen) atoms. The highest BCUT2D eigenvalue weighted by Gasteiger charge is 2.38. The van der Waals surface area contributed by atoms with Gasteiger partial charge in [-0.15, -0.1) is 0 Å². The summed E-state index contributed by atoms with van der Waals surface area (Å²) >= 11 is 0. The highest BCUT2D eigenvalue weighted by Crippen LogP contribution is 2.34. The molecular weight excluding hydrogens is 412 g/mol. The summed E-state index contributed by atoms with van der Waals surface area (Å²) in [6.45, 7) is 13.1. The van der Waals surface area contributed by atoms with Crippen molar-refractivity contribution in [2.75, 3.05) is 6.54 Å². The molecule has 0 saturated carbocycles. The molecule has 1 fully saturated rings. The summed E-state index contributed by atoms with van der Waals surface area (Å²) in [6, 6.07) is 1.50. The van der Waals surface area contributed by atoms with Gasteiger partial charge in [0.25, 0.3) is 0 Å². The van der Waals surface area contributed by atoms with E-state index in [0.717, 1.165) is 23.9 Å². The first-order valence-electron chi connectivity index (χ1n) is 16.2. The van der Waals surface area contributed by atoms with Crippen LogP contribution in [-0.4, -0.2) is 23.6 Å². The molecule has 4 atom stereocenters. The normalized spacial score (nSPS) is 20.7. The van der Waals surface area contributed by atoms with Gasteiger partial charge < -0.3 is 0 Å². The maximum atomic E-state index is 4.23. The quantitative estimate of drug-likeness (QED) is 0.139. The summed E-state index contributed by atoms with van der Waals surface area (Å²) in [5, 5.41) is 2.79. The summed E-state index contributed by atoms with van der Waals surface area (Å²) in [6.07, 6.45) is 31.0. The van der Waals surface area contributed by atoms with E-state index in [2.05, 4.69) is 45.1 Å². The monoisotopic (exact) mass is 479 g/mol. The van der Waals surface area contributed by atoms with E-state index < -0.39 is 0 Å². The maximum Gasteiger partial charge on any atom is 0.0284 e. The molecule has 1 aliphatic heterocycles. The molecule has 0 amide bonds. The van der Waals surface area contributed by atoms with Gasteiger partial charge in [-0.05, 0) is 43.9 Å². The third-order valence-corrected chi connectivity index (χ3v) is 8.52. The molecule has 1 rings (SSSR count). The van der Waals surface area contributed by atoms with E-state index in [4.69, 9.17) is 0 Å². The number of unbranched alkanes of at least 4 members (excludes halogenated alkanes) is 12. The van der Waals surface area contributed by atoms with Crippen LogP contribution >= 0.6 is 0 Å². The minimum absolute atomic E-state index is 0.736. The van der Waals surface area contributed by atoms with Crippen molar-refractivity contribution in [3.63, 3.8) is 0 Å². The van der Waals surface area contributed by atoms with E-state index in [9.17, 15) is 0 Å². The van der Waals surface area contributed by atoms with Crippen LogP contribution in [0.3, 0.4) is 0 Å². The minimum atomic E-state index is 0.736. The van der Waals surface area contributed by atoms with Crippen LogP contribution in [0.5, 0.6) is 0 Å². The molecule has 0 aromatic heterocycles. The topological polar surface area (TPSA) is 15.3 Å². The van der Waals surface area contributed by atoms with Crippen LogP contribution in [0.15, 0.2) is 0 Å². The Morgan fingerprint density at radius 1 is 0.559 bits per heavy atom. The Morgan fingerprint density at radius 3 is 1.62 bits per heavy atom. The Kier molecular flexibility index (Phi) is 20.8. The number of rotatable bonds is 24. The molecule has 0 radical (unpaired) electrons. The van der Waals surface area contributed by atoms with Crippen molar-refractivity contribution >= 4 is 0 Å². The first-order chi connectivity index (χ1) is 16.7. The van der Waals surface area contributed by atoms with Crippen LogP contribution in [0, 0.1) is 11.8 Å². The number of nitrogens with zero attached hydrogens (tertiary/aromatic N) is 1. The van der Waals surface area contributed by atoms with Crippen molar-refractivity contribution in [2.45, 2.75) is 188 Å². The maximum absolute atomic E-state index is 4.23. The standard InChI is InChI=1S/C32H66N2/c1-6-11-16-20-24-29(23-19-14-9-4)32-30(25-21-17-12-7-2)28-34(33-32)31(26-15-10-5)27-22-18-13-8-3/h29-33H,6-28H2,1-5H3. The SMILES string of the molecule is CCCCCCC(CCCCC)C1NN(C(CCCC)CCCCCC)CC1CCCCCC. The van der Waals surface area contributed by atoms with Crippen LogP contribution in [0.1, 0.15) is 176 Å². The fraction of sp³-hybridized carbons (Fsp3) is 1.00. The van der Waals surface area contributed by atoms with Crippen molar-refractivity contribution in [2.24, 2.45) is 11.8 Å². The first-order valence-corrected chi connectivity index (χ1v) is 16.2. The largest absolute Gasteiger partial charge is 0.251 e. The molecule has 0 aliphatic carbocycles. The zero-order valence-electron chi connectivity index (χ0n) is 24.5. The summed E-state index contributed by atoms with van der Waals surface area (Å²) in [5.41, 5.74) is 4.23. The fourth-order valence-electron chi connectivity index (χ4n) is 6.26. The predicted molar refractivity (Wildman–Crippen MR) is 154 cm³/mol. The van der Waals surface area contributed by atoms with E-state index in [1.165, 1.54) is 148 Å².